The largest absolute Gasteiger partial charge is 0.352 e. The molecule has 1 saturated heterocycles. The van der Waals surface area contributed by atoms with Crippen LogP contribution >= 0.6 is 12.4 Å². The molecule has 2 N–H and O–H groups in total. The Hall–Kier alpha value is -0.330. The van der Waals surface area contributed by atoms with Gasteiger partial charge in [0.2, 0.25) is 5.91 Å². The molecule has 5 nitrogen and oxygen atoms in total. The van der Waals surface area contributed by atoms with Crippen molar-refractivity contribution in [2.45, 2.75) is 45.6 Å². The van der Waals surface area contributed by atoms with Crippen LogP contribution in [0.3, 0.4) is 0 Å². The van der Waals surface area contributed by atoms with E-state index in [1.54, 1.807) is 13.8 Å². The van der Waals surface area contributed by atoms with Crippen molar-refractivity contribution < 1.29 is 13.2 Å². The number of halogens is 1. The van der Waals surface area contributed by atoms with Gasteiger partial charge in [0.25, 0.3) is 0 Å². The van der Waals surface area contributed by atoms with Crippen molar-refractivity contribution >= 4 is 28.2 Å². The van der Waals surface area contributed by atoms with E-state index < -0.39 is 9.84 Å². The average Bonchev–Trinajstić information content (AvgIpc) is 2.83. The zero-order valence-electron chi connectivity index (χ0n) is 12.9. The van der Waals surface area contributed by atoms with E-state index in [4.69, 9.17) is 0 Å². The van der Waals surface area contributed by atoms with E-state index in [1.165, 1.54) is 6.42 Å². The van der Waals surface area contributed by atoms with Crippen molar-refractivity contribution in [3.05, 3.63) is 0 Å². The summed E-state index contributed by atoms with van der Waals surface area (Å²) < 4.78 is 23.3. The smallest absolute Gasteiger partial charge is 0.228 e. The van der Waals surface area contributed by atoms with Crippen LogP contribution in [0.5, 0.6) is 0 Å². The molecule has 1 aliphatic carbocycles. The number of hydrogen-bond acceptors (Lipinski definition) is 4. The van der Waals surface area contributed by atoms with Gasteiger partial charge in [-0.1, -0.05) is 19.8 Å². The lowest BCUT2D eigenvalue weighted by atomic mass is 9.67. The molecule has 1 saturated carbocycles. The second-order valence-electron chi connectivity index (χ2n) is 6.30. The van der Waals surface area contributed by atoms with E-state index in [0.717, 1.165) is 32.4 Å². The van der Waals surface area contributed by atoms with E-state index in [9.17, 15) is 13.2 Å². The zero-order valence-corrected chi connectivity index (χ0v) is 14.5. The summed E-state index contributed by atoms with van der Waals surface area (Å²) in [6.45, 7) is 5.06. The van der Waals surface area contributed by atoms with Crippen LogP contribution in [0.4, 0.5) is 0 Å². The molecular weight excluding hydrogens is 312 g/mol. The van der Waals surface area contributed by atoms with Crippen molar-refractivity contribution in [2.75, 3.05) is 24.6 Å². The average molecular weight is 339 g/mol. The monoisotopic (exact) mass is 338 g/mol. The zero-order chi connectivity index (χ0) is 14.8. The molecular formula is C14H27ClN2O3S. The number of sulfone groups is 1. The second kappa shape index (κ2) is 7.29. The molecule has 3 atom stereocenters. The maximum atomic E-state index is 12.6. The van der Waals surface area contributed by atoms with Crippen LogP contribution in [0.25, 0.3) is 0 Å². The Kier molecular flexibility index (Phi) is 6.50. The number of carbonyl (C=O) groups excluding carboxylic acids is 1. The Bertz CT molecular complexity index is 469. The van der Waals surface area contributed by atoms with Gasteiger partial charge in [0.05, 0.1) is 11.2 Å². The third-order valence-electron chi connectivity index (χ3n) is 4.81. The number of amides is 1. The van der Waals surface area contributed by atoms with Gasteiger partial charge in [0.1, 0.15) is 0 Å². The standard InChI is InChI=1S/C14H26N2O3S.ClH/c1-3-20(18,19)9-11(2)16-13(17)14-7-5-4-6-12(14)8-15-10-14;/h11-12,15H,3-10H2,1-2H3,(H,16,17);1H/t11?,12-,14+;/m0./s1. The van der Waals surface area contributed by atoms with Crippen LogP contribution < -0.4 is 10.6 Å². The van der Waals surface area contributed by atoms with Gasteiger partial charge < -0.3 is 10.6 Å². The Morgan fingerprint density at radius 3 is 2.81 bits per heavy atom. The van der Waals surface area contributed by atoms with Gasteiger partial charge in [-0.25, -0.2) is 8.42 Å². The van der Waals surface area contributed by atoms with Crippen LogP contribution in [0, 0.1) is 11.3 Å². The molecule has 0 aromatic heterocycles. The minimum absolute atomic E-state index is 0. The topological polar surface area (TPSA) is 75.3 Å². The fourth-order valence-corrected chi connectivity index (χ4v) is 4.68. The molecule has 2 aliphatic rings. The van der Waals surface area contributed by atoms with E-state index in [0.29, 0.717) is 5.92 Å². The molecule has 1 amide bonds. The maximum Gasteiger partial charge on any atom is 0.228 e. The first-order chi connectivity index (χ1) is 9.39. The Morgan fingerprint density at radius 2 is 2.14 bits per heavy atom. The fraction of sp³-hybridized carbons (Fsp3) is 0.929. The Labute approximate surface area is 134 Å². The molecule has 0 bridgehead atoms. The highest BCUT2D eigenvalue weighted by Gasteiger charge is 2.50. The van der Waals surface area contributed by atoms with Gasteiger partial charge in [-0.3, -0.25) is 4.79 Å². The molecule has 1 heterocycles. The lowest BCUT2D eigenvalue weighted by Gasteiger charge is -2.37. The van der Waals surface area contributed by atoms with E-state index >= 15 is 0 Å². The van der Waals surface area contributed by atoms with Gasteiger partial charge in [0.15, 0.2) is 9.84 Å². The van der Waals surface area contributed by atoms with Crippen molar-refractivity contribution in [3.8, 4) is 0 Å². The van der Waals surface area contributed by atoms with Gasteiger partial charge in [-0.2, -0.15) is 0 Å². The minimum atomic E-state index is -3.05. The molecule has 0 aromatic carbocycles. The predicted octanol–water partition coefficient (Wildman–Crippen LogP) is 1.13. The molecule has 1 aliphatic heterocycles. The van der Waals surface area contributed by atoms with Gasteiger partial charge >= 0.3 is 0 Å². The van der Waals surface area contributed by atoms with Crippen LogP contribution in [0.2, 0.25) is 0 Å². The van der Waals surface area contributed by atoms with Crippen LogP contribution in [-0.2, 0) is 14.6 Å². The van der Waals surface area contributed by atoms with Crippen molar-refractivity contribution in [1.82, 2.24) is 10.6 Å². The Balaban J connectivity index is 0.00000220. The van der Waals surface area contributed by atoms with Gasteiger partial charge in [-0.15, -0.1) is 12.4 Å². The molecule has 21 heavy (non-hydrogen) atoms. The molecule has 0 spiro atoms. The van der Waals surface area contributed by atoms with Crippen LogP contribution in [-0.4, -0.2) is 45.0 Å². The van der Waals surface area contributed by atoms with Crippen LogP contribution in [0.15, 0.2) is 0 Å². The van der Waals surface area contributed by atoms with Crippen molar-refractivity contribution in [1.29, 1.82) is 0 Å². The summed E-state index contributed by atoms with van der Waals surface area (Å²) in [6, 6.07) is -0.315. The van der Waals surface area contributed by atoms with E-state index in [2.05, 4.69) is 10.6 Å². The summed E-state index contributed by atoms with van der Waals surface area (Å²) in [5.41, 5.74) is -0.303. The minimum Gasteiger partial charge on any atom is -0.352 e. The predicted molar refractivity (Wildman–Crippen MR) is 86.4 cm³/mol. The molecule has 124 valence electrons. The quantitative estimate of drug-likeness (QED) is 0.788. The summed E-state index contributed by atoms with van der Waals surface area (Å²) in [7, 11) is -3.05. The second-order valence-corrected chi connectivity index (χ2v) is 8.70. The summed E-state index contributed by atoms with van der Waals surface area (Å²) >= 11 is 0. The Morgan fingerprint density at radius 1 is 1.43 bits per heavy atom. The lowest BCUT2D eigenvalue weighted by molar-refractivity contribution is -0.134. The number of fused-ring (bicyclic) bond motifs is 1. The molecule has 0 radical (unpaired) electrons. The molecule has 2 rings (SSSR count). The van der Waals surface area contributed by atoms with Gasteiger partial charge in [-0.05, 0) is 32.2 Å². The normalized spacial score (nSPS) is 30.1. The summed E-state index contributed by atoms with van der Waals surface area (Å²) in [5, 5.41) is 6.28. The third-order valence-corrected chi connectivity index (χ3v) is 6.70. The summed E-state index contributed by atoms with van der Waals surface area (Å²) in [4.78, 5) is 12.6. The summed E-state index contributed by atoms with van der Waals surface area (Å²) in [5.74, 6) is 0.614. The first kappa shape index (κ1) is 18.7. The highest BCUT2D eigenvalue weighted by molar-refractivity contribution is 7.91. The van der Waals surface area contributed by atoms with Crippen molar-refractivity contribution in [2.24, 2.45) is 11.3 Å². The number of carbonyl (C=O) groups is 1. The first-order valence-corrected chi connectivity index (χ1v) is 9.44. The SMILES string of the molecule is CCS(=O)(=O)CC(C)NC(=O)[C@@]12CCCC[C@H]1CNC2.Cl. The molecule has 7 heteroatoms. The van der Waals surface area contributed by atoms with E-state index in [1.807, 2.05) is 0 Å². The first-order valence-electron chi connectivity index (χ1n) is 7.62. The number of rotatable bonds is 5. The highest BCUT2D eigenvalue weighted by Crippen LogP contribution is 2.43. The molecule has 1 unspecified atom stereocenters. The third kappa shape index (κ3) is 4.11. The molecule has 0 aromatic rings. The highest BCUT2D eigenvalue weighted by atomic mass is 35.5. The summed E-state index contributed by atoms with van der Waals surface area (Å²) in [6.07, 6.45) is 4.31. The molecule has 2 fully saturated rings. The van der Waals surface area contributed by atoms with E-state index in [-0.39, 0.29) is 41.3 Å². The van der Waals surface area contributed by atoms with Gasteiger partial charge in [0, 0.05) is 18.3 Å². The van der Waals surface area contributed by atoms with Crippen LogP contribution in [0.1, 0.15) is 39.5 Å². The number of hydrogen-bond donors (Lipinski definition) is 2. The number of nitrogens with one attached hydrogen (secondary N) is 2. The maximum absolute atomic E-state index is 12.6. The van der Waals surface area contributed by atoms with Crippen molar-refractivity contribution in [3.63, 3.8) is 0 Å². The fourth-order valence-electron chi connectivity index (χ4n) is 3.60. The lowest BCUT2D eigenvalue weighted by Crippen LogP contribution is -2.51.